The largest absolute Gasteiger partial charge is 0.468 e. The smallest absolute Gasteiger partial charge is 0.327 e. The molecule has 3 atom stereocenters. The summed E-state index contributed by atoms with van der Waals surface area (Å²) in [5.41, 5.74) is -0.0459. The second-order valence-electron chi connectivity index (χ2n) is 6.51. The van der Waals surface area contributed by atoms with Crippen LogP contribution in [0.1, 0.15) is 19.8 Å². The molecule has 0 amide bonds. The zero-order chi connectivity index (χ0) is 19.5. The van der Waals surface area contributed by atoms with E-state index in [4.69, 9.17) is 14.2 Å². The fourth-order valence-corrected chi connectivity index (χ4v) is 3.76. The molecular weight excluding hydrogens is 336 g/mol. The predicted molar refractivity (Wildman–Crippen MR) is 94.8 cm³/mol. The number of rotatable bonds is 6. The lowest BCUT2D eigenvalue weighted by Gasteiger charge is -2.36. The van der Waals surface area contributed by atoms with Gasteiger partial charge in [0, 0.05) is 11.8 Å². The molecule has 0 aromatic heterocycles. The Balaban J connectivity index is 2.46. The van der Waals surface area contributed by atoms with Crippen LogP contribution < -0.4 is 0 Å². The van der Waals surface area contributed by atoms with Crippen LogP contribution in [0.5, 0.6) is 0 Å². The Hall–Kier alpha value is -2.63. The molecule has 0 aliphatic heterocycles. The quantitative estimate of drug-likeness (QED) is 0.313. The lowest BCUT2D eigenvalue weighted by molar-refractivity contribution is -0.170. The van der Waals surface area contributed by atoms with Crippen LogP contribution in [0, 0.1) is 17.3 Å². The normalized spacial score (nSPS) is 25.5. The van der Waals surface area contributed by atoms with Gasteiger partial charge in [-0.3, -0.25) is 14.4 Å². The van der Waals surface area contributed by atoms with E-state index in [0.717, 1.165) is 11.1 Å². The van der Waals surface area contributed by atoms with Crippen molar-refractivity contribution in [1.29, 1.82) is 0 Å². The highest BCUT2D eigenvalue weighted by Crippen LogP contribution is 2.53. The fraction of sp³-hybridized carbons (Fsp3) is 0.450. The van der Waals surface area contributed by atoms with Crippen LogP contribution in [-0.2, 0) is 28.6 Å². The number of hydrogen-bond acceptors (Lipinski definition) is 6. The average molecular weight is 360 g/mol. The van der Waals surface area contributed by atoms with Crippen LogP contribution in [0.25, 0.3) is 0 Å². The molecule has 0 saturated carbocycles. The van der Waals surface area contributed by atoms with Gasteiger partial charge in [-0.25, -0.2) is 0 Å². The minimum Gasteiger partial charge on any atom is -0.468 e. The zero-order valence-corrected chi connectivity index (χ0v) is 15.3. The maximum Gasteiger partial charge on any atom is 0.327 e. The molecule has 0 aromatic rings. The first-order valence-electron chi connectivity index (χ1n) is 8.36. The first-order chi connectivity index (χ1) is 12.3. The number of carbonyl (C=O) groups excluding carboxylic acids is 3. The molecule has 2 aliphatic rings. The summed E-state index contributed by atoms with van der Waals surface area (Å²) in [7, 11) is 2.46. The number of fused-ring (bicyclic) bond motifs is 1. The second kappa shape index (κ2) is 7.72. The summed E-state index contributed by atoms with van der Waals surface area (Å²) in [5, 5.41) is 0. The Bertz CT molecular complexity index is 683. The first kappa shape index (κ1) is 19.7. The summed E-state index contributed by atoms with van der Waals surface area (Å²) in [6.45, 7) is 9.28. The fourth-order valence-electron chi connectivity index (χ4n) is 3.76. The molecule has 2 rings (SSSR count). The SMILES string of the molecule is C=CCC(=O)O[C@H]1C=C[C@@H]2C(C(=C)C)=CC(C(=O)OC)(C(=O)OC)[C@@H]2C1. The first-order valence-corrected chi connectivity index (χ1v) is 8.36. The van der Waals surface area contributed by atoms with Gasteiger partial charge in [0.15, 0.2) is 5.41 Å². The van der Waals surface area contributed by atoms with Gasteiger partial charge in [0.05, 0.1) is 20.6 Å². The second-order valence-corrected chi connectivity index (χ2v) is 6.51. The van der Waals surface area contributed by atoms with Gasteiger partial charge < -0.3 is 14.2 Å². The van der Waals surface area contributed by atoms with Crippen molar-refractivity contribution < 1.29 is 28.6 Å². The van der Waals surface area contributed by atoms with Crippen LogP contribution in [0.4, 0.5) is 0 Å². The van der Waals surface area contributed by atoms with E-state index in [2.05, 4.69) is 13.2 Å². The van der Waals surface area contributed by atoms with Crippen LogP contribution in [0.15, 0.2) is 48.6 Å². The van der Waals surface area contributed by atoms with E-state index in [0.29, 0.717) is 6.42 Å². The minimum absolute atomic E-state index is 0.0901. The topological polar surface area (TPSA) is 78.9 Å². The molecule has 0 heterocycles. The molecule has 2 aliphatic carbocycles. The molecule has 26 heavy (non-hydrogen) atoms. The van der Waals surface area contributed by atoms with Gasteiger partial charge in [-0.05, 0) is 25.0 Å². The Morgan fingerprint density at radius 1 is 1.23 bits per heavy atom. The molecule has 0 fully saturated rings. The molecule has 0 aromatic carbocycles. The van der Waals surface area contributed by atoms with Gasteiger partial charge in [-0.1, -0.05) is 30.4 Å². The molecule has 6 nitrogen and oxygen atoms in total. The Labute approximate surface area is 153 Å². The van der Waals surface area contributed by atoms with E-state index in [1.165, 1.54) is 20.3 Å². The third kappa shape index (κ3) is 3.23. The van der Waals surface area contributed by atoms with E-state index in [1.54, 1.807) is 12.2 Å². The highest BCUT2D eigenvalue weighted by Gasteiger charge is 2.60. The highest BCUT2D eigenvalue weighted by molar-refractivity contribution is 6.04. The Morgan fingerprint density at radius 2 is 1.85 bits per heavy atom. The van der Waals surface area contributed by atoms with Crippen molar-refractivity contribution in [3.05, 3.63) is 48.6 Å². The van der Waals surface area contributed by atoms with Crippen LogP contribution in [0.3, 0.4) is 0 Å². The highest BCUT2D eigenvalue weighted by atomic mass is 16.6. The van der Waals surface area contributed by atoms with Gasteiger partial charge in [0.25, 0.3) is 0 Å². The van der Waals surface area contributed by atoms with Gasteiger partial charge >= 0.3 is 17.9 Å². The van der Waals surface area contributed by atoms with Gasteiger partial charge in [-0.2, -0.15) is 0 Å². The van der Waals surface area contributed by atoms with Gasteiger partial charge in [0.2, 0.25) is 0 Å². The van der Waals surface area contributed by atoms with E-state index >= 15 is 0 Å². The third-order valence-electron chi connectivity index (χ3n) is 4.91. The molecule has 0 N–H and O–H groups in total. The number of ether oxygens (including phenoxy) is 3. The zero-order valence-electron chi connectivity index (χ0n) is 15.3. The predicted octanol–water partition coefficient (Wildman–Crippen LogP) is 2.52. The number of allylic oxidation sites excluding steroid dienone is 3. The number of carbonyl (C=O) groups is 3. The van der Waals surface area contributed by atoms with Gasteiger partial charge in [-0.15, -0.1) is 6.58 Å². The summed E-state index contributed by atoms with van der Waals surface area (Å²) < 4.78 is 15.3. The van der Waals surface area contributed by atoms with Crippen LogP contribution in [0.2, 0.25) is 0 Å². The van der Waals surface area contributed by atoms with Crippen molar-refractivity contribution in [2.45, 2.75) is 25.9 Å². The Kier molecular flexibility index (Phi) is 5.85. The monoisotopic (exact) mass is 360 g/mol. The van der Waals surface area contributed by atoms with E-state index in [9.17, 15) is 14.4 Å². The van der Waals surface area contributed by atoms with Crippen molar-refractivity contribution in [1.82, 2.24) is 0 Å². The minimum atomic E-state index is -1.59. The van der Waals surface area contributed by atoms with E-state index in [-0.39, 0.29) is 12.3 Å². The average Bonchev–Trinajstić information content (AvgIpc) is 2.96. The Morgan fingerprint density at radius 3 is 2.35 bits per heavy atom. The van der Waals surface area contributed by atoms with Crippen molar-refractivity contribution in [3.8, 4) is 0 Å². The van der Waals surface area contributed by atoms with Crippen molar-refractivity contribution in [3.63, 3.8) is 0 Å². The summed E-state index contributed by atoms with van der Waals surface area (Å²) in [6.07, 6.45) is 6.53. The summed E-state index contributed by atoms with van der Waals surface area (Å²) in [4.78, 5) is 37.1. The van der Waals surface area contributed by atoms with Crippen molar-refractivity contribution >= 4 is 17.9 Å². The standard InChI is InChI=1S/C20H24O6/c1-6-7-17(21)26-13-8-9-14-15(12(2)3)11-20(16(14)10-13,18(22)24-4)19(23)25-5/h6,8-9,11,13-14,16H,1-2,7,10H2,3-5H3/t13-,14+,16+/m0/s1. The number of methoxy groups -OCH3 is 2. The molecule has 0 radical (unpaired) electrons. The van der Waals surface area contributed by atoms with E-state index < -0.39 is 35.3 Å². The molecule has 6 heteroatoms. The summed E-state index contributed by atoms with van der Waals surface area (Å²) >= 11 is 0. The molecular formula is C20H24O6. The third-order valence-corrected chi connectivity index (χ3v) is 4.91. The maximum atomic E-state index is 12.6. The number of hydrogen-bond donors (Lipinski definition) is 0. The lowest BCUT2D eigenvalue weighted by Crippen LogP contribution is -2.47. The van der Waals surface area contributed by atoms with E-state index in [1.807, 2.05) is 13.0 Å². The van der Waals surface area contributed by atoms with Gasteiger partial charge in [0.1, 0.15) is 6.10 Å². The maximum absolute atomic E-state index is 12.6. The molecule has 0 saturated heterocycles. The van der Waals surface area contributed by atoms with Crippen LogP contribution in [-0.4, -0.2) is 38.2 Å². The molecule has 0 bridgehead atoms. The summed E-state index contributed by atoms with van der Waals surface area (Å²) in [5.74, 6) is -2.49. The van der Waals surface area contributed by atoms with Crippen LogP contribution >= 0.6 is 0 Å². The molecule has 0 unspecified atom stereocenters. The molecule has 140 valence electrons. The lowest BCUT2D eigenvalue weighted by atomic mass is 9.69. The number of esters is 3. The van der Waals surface area contributed by atoms with Crippen molar-refractivity contribution in [2.24, 2.45) is 17.3 Å². The molecule has 0 spiro atoms. The van der Waals surface area contributed by atoms with Crippen molar-refractivity contribution in [2.75, 3.05) is 14.2 Å². The summed E-state index contributed by atoms with van der Waals surface area (Å²) in [6, 6.07) is 0.